The quantitative estimate of drug-likeness (QED) is 0.423. The second-order valence-electron chi connectivity index (χ2n) is 4.25. The SMILES string of the molecule is CCCOCCCNc1ccc(N)c(C(C)=O)c1. The van der Waals surface area contributed by atoms with Gasteiger partial charge >= 0.3 is 0 Å². The summed E-state index contributed by atoms with van der Waals surface area (Å²) in [5.74, 6) is -0.0116. The molecule has 3 N–H and O–H groups in total. The van der Waals surface area contributed by atoms with Crippen LogP contribution in [0.3, 0.4) is 0 Å². The van der Waals surface area contributed by atoms with Gasteiger partial charge in [0.25, 0.3) is 0 Å². The first-order valence-corrected chi connectivity index (χ1v) is 6.37. The van der Waals surface area contributed by atoms with Gasteiger partial charge in [0.15, 0.2) is 5.78 Å². The molecule has 0 amide bonds. The van der Waals surface area contributed by atoms with Gasteiger partial charge in [-0.05, 0) is 38.0 Å². The number of carbonyl (C=O) groups excluding carboxylic acids is 1. The van der Waals surface area contributed by atoms with Crippen LogP contribution in [-0.4, -0.2) is 25.5 Å². The van der Waals surface area contributed by atoms with Crippen LogP contribution < -0.4 is 11.1 Å². The van der Waals surface area contributed by atoms with Gasteiger partial charge in [-0.25, -0.2) is 0 Å². The molecule has 0 aliphatic heterocycles. The summed E-state index contributed by atoms with van der Waals surface area (Å²) < 4.78 is 5.39. The van der Waals surface area contributed by atoms with Gasteiger partial charge in [0.2, 0.25) is 0 Å². The molecular weight excluding hydrogens is 228 g/mol. The molecule has 0 saturated heterocycles. The summed E-state index contributed by atoms with van der Waals surface area (Å²) in [5.41, 5.74) is 7.75. The third-order valence-electron chi connectivity index (χ3n) is 2.58. The van der Waals surface area contributed by atoms with E-state index < -0.39 is 0 Å². The Hall–Kier alpha value is -1.55. The summed E-state index contributed by atoms with van der Waals surface area (Å²) in [7, 11) is 0. The van der Waals surface area contributed by atoms with Gasteiger partial charge in [0, 0.05) is 36.7 Å². The maximum atomic E-state index is 11.3. The second kappa shape index (κ2) is 7.71. The van der Waals surface area contributed by atoms with E-state index in [0.29, 0.717) is 11.3 Å². The van der Waals surface area contributed by atoms with E-state index in [0.717, 1.165) is 38.3 Å². The van der Waals surface area contributed by atoms with Crippen molar-refractivity contribution in [2.75, 3.05) is 30.8 Å². The number of hydrogen-bond acceptors (Lipinski definition) is 4. The molecule has 4 heteroatoms. The number of carbonyl (C=O) groups is 1. The fourth-order valence-electron chi connectivity index (χ4n) is 1.62. The number of benzene rings is 1. The van der Waals surface area contributed by atoms with E-state index in [-0.39, 0.29) is 5.78 Å². The molecule has 0 aliphatic carbocycles. The first kappa shape index (κ1) is 14.5. The van der Waals surface area contributed by atoms with Crippen molar-refractivity contribution in [2.45, 2.75) is 26.7 Å². The van der Waals surface area contributed by atoms with Crippen molar-refractivity contribution in [1.82, 2.24) is 0 Å². The summed E-state index contributed by atoms with van der Waals surface area (Å²) in [6.07, 6.45) is 1.99. The molecule has 0 unspecified atom stereocenters. The Bertz CT molecular complexity index is 391. The number of nitrogen functional groups attached to an aromatic ring is 1. The molecule has 0 saturated carbocycles. The molecule has 0 spiro atoms. The van der Waals surface area contributed by atoms with Crippen LogP contribution in [0.4, 0.5) is 11.4 Å². The van der Waals surface area contributed by atoms with Crippen molar-refractivity contribution < 1.29 is 9.53 Å². The van der Waals surface area contributed by atoms with Crippen molar-refractivity contribution in [1.29, 1.82) is 0 Å². The molecule has 0 atom stereocenters. The van der Waals surface area contributed by atoms with Crippen molar-refractivity contribution in [3.05, 3.63) is 23.8 Å². The van der Waals surface area contributed by atoms with Crippen LogP contribution in [0.25, 0.3) is 0 Å². The highest BCUT2D eigenvalue weighted by Gasteiger charge is 2.05. The number of ether oxygens (including phenoxy) is 1. The van der Waals surface area contributed by atoms with E-state index in [4.69, 9.17) is 10.5 Å². The average molecular weight is 250 g/mol. The Balaban J connectivity index is 2.38. The molecule has 100 valence electrons. The van der Waals surface area contributed by atoms with Crippen LogP contribution in [0.15, 0.2) is 18.2 Å². The number of nitrogens with two attached hydrogens (primary N) is 1. The predicted molar refractivity (Wildman–Crippen MR) is 75.1 cm³/mol. The summed E-state index contributed by atoms with van der Waals surface area (Å²) >= 11 is 0. The lowest BCUT2D eigenvalue weighted by atomic mass is 10.1. The van der Waals surface area contributed by atoms with E-state index in [9.17, 15) is 4.79 Å². The topological polar surface area (TPSA) is 64.3 Å². The largest absolute Gasteiger partial charge is 0.398 e. The normalized spacial score (nSPS) is 10.3. The zero-order valence-corrected chi connectivity index (χ0v) is 11.2. The lowest BCUT2D eigenvalue weighted by Gasteiger charge is -2.09. The lowest BCUT2D eigenvalue weighted by molar-refractivity contribution is 0.101. The maximum absolute atomic E-state index is 11.3. The smallest absolute Gasteiger partial charge is 0.161 e. The predicted octanol–water partition coefficient (Wildman–Crippen LogP) is 2.70. The Morgan fingerprint density at radius 1 is 1.39 bits per heavy atom. The zero-order valence-electron chi connectivity index (χ0n) is 11.2. The van der Waals surface area contributed by atoms with Crippen molar-refractivity contribution >= 4 is 17.2 Å². The third kappa shape index (κ3) is 4.75. The Kier molecular flexibility index (Phi) is 6.22. The van der Waals surface area contributed by atoms with Gasteiger partial charge in [-0.2, -0.15) is 0 Å². The molecule has 1 aromatic rings. The maximum Gasteiger partial charge on any atom is 0.161 e. The number of nitrogens with one attached hydrogen (secondary N) is 1. The molecule has 1 aromatic carbocycles. The lowest BCUT2D eigenvalue weighted by Crippen LogP contribution is -2.07. The minimum absolute atomic E-state index is 0.0116. The minimum Gasteiger partial charge on any atom is -0.398 e. The number of ketones is 1. The second-order valence-corrected chi connectivity index (χ2v) is 4.25. The first-order valence-electron chi connectivity index (χ1n) is 6.37. The highest BCUT2D eigenvalue weighted by Crippen LogP contribution is 2.18. The fourth-order valence-corrected chi connectivity index (χ4v) is 1.62. The van der Waals surface area contributed by atoms with Gasteiger partial charge in [0.05, 0.1) is 0 Å². The highest BCUT2D eigenvalue weighted by molar-refractivity contribution is 5.99. The van der Waals surface area contributed by atoms with E-state index >= 15 is 0 Å². The molecule has 1 rings (SSSR count). The van der Waals surface area contributed by atoms with E-state index in [1.54, 1.807) is 12.1 Å². The Morgan fingerprint density at radius 3 is 2.83 bits per heavy atom. The van der Waals surface area contributed by atoms with Crippen molar-refractivity contribution in [2.24, 2.45) is 0 Å². The zero-order chi connectivity index (χ0) is 13.4. The highest BCUT2D eigenvalue weighted by atomic mass is 16.5. The summed E-state index contributed by atoms with van der Waals surface area (Å²) in [6, 6.07) is 5.44. The Morgan fingerprint density at radius 2 is 2.17 bits per heavy atom. The molecule has 0 aliphatic rings. The first-order chi connectivity index (χ1) is 8.65. The van der Waals surface area contributed by atoms with Gasteiger partial charge in [-0.1, -0.05) is 6.92 Å². The van der Waals surface area contributed by atoms with Crippen molar-refractivity contribution in [3.8, 4) is 0 Å². The monoisotopic (exact) mass is 250 g/mol. The minimum atomic E-state index is -0.0116. The summed E-state index contributed by atoms with van der Waals surface area (Å²) in [5, 5.41) is 3.26. The molecule has 0 aromatic heterocycles. The van der Waals surface area contributed by atoms with Gasteiger partial charge in [-0.15, -0.1) is 0 Å². The van der Waals surface area contributed by atoms with Crippen LogP contribution in [0.2, 0.25) is 0 Å². The van der Waals surface area contributed by atoms with E-state index in [2.05, 4.69) is 12.2 Å². The van der Waals surface area contributed by atoms with Crippen molar-refractivity contribution in [3.63, 3.8) is 0 Å². The molecule has 0 bridgehead atoms. The summed E-state index contributed by atoms with van der Waals surface area (Å²) in [4.78, 5) is 11.3. The number of rotatable bonds is 8. The van der Waals surface area contributed by atoms with Crippen LogP contribution in [0, 0.1) is 0 Å². The van der Waals surface area contributed by atoms with E-state index in [1.807, 2.05) is 6.07 Å². The van der Waals surface area contributed by atoms with Crippen LogP contribution in [0.1, 0.15) is 37.0 Å². The third-order valence-corrected chi connectivity index (χ3v) is 2.58. The number of Topliss-reactive ketones (excluding diaryl/α,β-unsaturated/α-hetero) is 1. The molecular formula is C14H22N2O2. The molecule has 0 radical (unpaired) electrons. The number of hydrogen-bond donors (Lipinski definition) is 2. The standard InChI is InChI=1S/C14H22N2O2/c1-3-8-18-9-4-7-16-12-5-6-14(15)13(10-12)11(2)17/h5-6,10,16H,3-4,7-9,15H2,1-2H3. The van der Waals surface area contributed by atoms with Crippen LogP contribution >= 0.6 is 0 Å². The average Bonchev–Trinajstić information content (AvgIpc) is 2.35. The van der Waals surface area contributed by atoms with Crippen LogP contribution in [-0.2, 0) is 4.74 Å². The molecule has 0 heterocycles. The molecule has 4 nitrogen and oxygen atoms in total. The summed E-state index contributed by atoms with van der Waals surface area (Å²) in [6.45, 7) is 6.01. The molecule has 18 heavy (non-hydrogen) atoms. The van der Waals surface area contributed by atoms with Crippen LogP contribution in [0.5, 0.6) is 0 Å². The number of anilines is 2. The van der Waals surface area contributed by atoms with E-state index in [1.165, 1.54) is 6.92 Å². The fraction of sp³-hybridized carbons (Fsp3) is 0.500. The Labute approximate surface area is 109 Å². The molecule has 0 fully saturated rings. The van der Waals surface area contributed by atoms with Gasteiger partial charge in [-0.3, -0.25) is 4.79 Å². The van der Waals surface area contributed by atoms with Gasteiger partial charge < -0.3 is 15.8 Å². The van der Waals surface area contributed by atoms with Gasteiger partial charge in [0.1, 0.15) is 0 Å².